The van der Waals surface area contributed by atoms with Crippen molar-refractivity contribution in [3.63, 3.8) is 0 Å². The minimum absolute atomic E-state index is 0.204. The van der Waals surface area contributed by atoms with Gasteiger partial charge in [-0.05, 0) is 71.5 Å². The summed E-state index contributed by atoms with van der Waals surface area (Å²) in [6.45, 7) is -0.0863. The van der Waals surface area contributed by atoms with Crippen LogP contribution < -0.4 is 10.1 Å². The molecular formula is C30H26N2O5. The van der Waals surface area contributed by atoms with Crippen LogP contribution >= 0.6 is 0 Å². The maximum absolute atomic E-state index is 13.3. The number of fused-ring (bicyclic) bond motifs is 2. The van der Waals surface area contributed by atoms with Gasteiger partial charge in [-0.3, -0.25) is 4.79 Å². The van der Waals surface area contributed by atoms with Crippen LogP contribution in [0.15, 0.2) is 72.8 Å². The molecule has 0 radical (unpaired) electrons. The van der Waals surface area contributed by atoms with E-state index in [9.17, 15) is 14.7 Å². The largest absolute Gasteiger partial charge is 0.508 e. The fourth-order valence-electron chi connectivity index (χ4n) is 4.52. The van der Waals surface area contributed by atoms with Gasteiger partial charge in [0.05, 0.1) is 23.9 Å². The summed E-state index contributed by atoms with van der Waals surface area (Å²) in [5, 5.41) is 13.1. The Morgan fingerprint density at radius 2 is 1.84 bits per heavy atom. The van der Waals surface area contributed by atoms with Gasteiger partial charge in [-0.25, -0.2) is 9.78 Å². The van der Waals surface area contributed by atoms with E-state index >= 15 is 0 Å². The average molecular weight is 495 g/mol. The first-order valence-corrected chi connectivity index (χ1v) is 12.0. The third kappa shape index (κ3) is 5.30. The van der Waals surface area contributed by atoms with E-state index in [1.54, 1.807) is 19.2 Å². The predicted octanol–water partition coefficient (Wildman–Crippen LogP) is 4.91. The van der Waals surface area contributed by atoms with Gasteiger partial charge in [0.15, 0.2) is 6.61 Å². The standard InChI is InChI=1S/C30H26N2O5/c1-36-23-6-4-5-20(16-23)17-31-27(34)18-37-30(35)28-24-7-2-3-8-26(24)32-29-21(11-14-25(28)29)15-19-9-12-22(33)13-10-19/h2-10,12-13,15-16,33H,11,14,17-18H2,1H3,(H,31,34)/b21-15+. The van der Waals surface area contributed by atoms with Gasteiger partial charge in [0.2, 0.25) is 0 Å². The molecule has 1 aliphatic carbocycles. The van der Waals surface area contributed by atoms with Crippen molar-refractivity contribution in [1.29, 1.82) is 0 Å². The number of carbonyl (C=O) groups excluding carboxylic acids is 2. The summed E-state index contributed by atoms with van der Waals surface area (Å²) in [4.78, 5) is 30.6. The van der Waals surface area contributed by atoms with Crippen LogP contribution in [-0.2, 0) is 22.5 Å². The number of methoxy groups -OCH3 is 1. The van der Waals surface area contributed by atoms with Crippen molar-refractivity contribution >= 4 is 34.4 Å². The number of esters is 1. The Kier molecular flexibility index (Phi) is 6.85. The summed E-state index contributed by atoms with van der Waals surface area (Å²) in [5.41, 5.74) is 5.56. The van der Waals surface area contributed by atoms with E-state index in [2.05, 4.69) is 5.32 Å². The predicted molar refractivity (Wildman–Crippen MR) is 141 cm³/mol. The van der Waals surface area contributed by atoms with Gasteiger partial charge in [0.1, 0.15) is 11.5 Å². The lowest BCUT2D eigenvalue weighted by Gasteiger charge is -2.13. The Hall–Kier alpha value is -4.65. The van der Waals surface area contributed by atoms with Crippen molar-refractivity contribution in [1.82, 2.24) is 10.3 Å². The molecule has 0 saturated heterocycles. The minimum atomic E-state index is -0.544. The minimum Gasteiger partial charge on any atom is -0.508 e. The van der Waals surface area contributed by atoms with E-state index in [1.165, 1.54) is 0 Å². The number of amides is 1. The fourth-order valence-corrected chi connectivity index (χ4v) is 4.52. The molecule has 3 aromatic carbocycles. The number of rotatable bonds is 7. The number of hydrogen-bond donors (Lipinski definition) is 2. The molecule has 186 valence electrons. The Labute approximate surface area is 214 Å². The number of phenols is 1. The highest BCUT2D eigenvalue weighted by atomic mass is 16.5. The van der Waals surface area contributed by atoms with Crippen LogP contribution in [0.1, 0.15) is 39.2 Å². The maximum Gasteiger partial charge on any atom is 0.339 e. The average Bonchev–Trinajstić information content (AvgIpc) is 3.32. The van der Waals surface area contributed by atoms with Gasteiger partial charge in [-0.15, -0.1) is 0 Å². The van der Waals surface area contributed by atoms with Crippen LogP contribution in [-0.4, -0.2) is 35.7 Å². The highest BCUT2D eigenvalue weighted by Gasteiger charge is 2.28. The van der Waals surface area contributed by atoms with Gasteiger partial charge in [0, 0.05) is 11.9 Å². The molecule has 1 amide bonds. The molecule has 0 aliphatic heterocycles. The maximum atomic E-state index is 13.3. The zero-order valence-corrected chi connectivity index (χ0v) is 20.4. The lowest BCUT2D eigenvalue weighted by Crippen LogP contribution is -2.28. The Morgan fingerprint density at radius 3 is 2.65 bits per heavy atom. The number of hydrogen-bond acceptors (Lipinski definition) is 6. The summed E-state index contributed by atoms with van der Waals surface area (Å²) in [5.74, 6) is -0.0255. The van der Waals surface area contributed by atoms with Crippen LogP contribution in [0.3, 0.4) is 0 Å². The van der Waals surface area contributed by atoms with Crippen molar-refractivity contribution < 1.29 is 24.2 Å². The number of pyridine rings is 1. The molecule has 1 aliphatic rings. The van der Waals surface area contributed by atoms with Crippen molar-refractivity contribution in [3.8, 4) is 11.5 Å². The quantitative estimate of drug-likeness (QED) is 0.355. The van der Waals surface area contributed by atoms with E-state index in [0.717, 1.165) is 34.4 Å². The molecule has 0 spiro atoms. The number of benzene rings is 3. The Bertz CT molecular complexity index is 1510. The normalized spacial score (nSPS) is 13.4. The van der Waals surface area contributed by atoms with E-state index in [4.69, 9.17) is 14.5 Å². The van der Waals surface area contributed by atoms with Crippen molar-refractivity contribution in [2.24, 2.45) is 0 Å². The highest BCUT2D eigenvalue weighted by molar-refractivity contribution is 6.07. The van der Waals surface area contributed by atoms with Gasteiger partial charge in [0.25, 0.3) is 5.91 Å². The number of aromatic nitrogens is 1. The summed E-state index contributed by atoms with van der Waals surface area (Å²) >= 11 is 0. The number of aromatic hydroxyl groups is 1. The summed E-state index contributed by atoms with van der Waals surface area (Å²) in [6.07, 6.45) is 3.39. The molecule has 0 fully saturated rings. The first-order chi connectivity index (χ1) is 18.0. The molecule has 37 heavy (non-hydrogen) atoms. The number of nitrogens with zero attached hydrogens (tertiary/aromatic N) is 1. The SMILES string of the molecule is COc1cccc(CNC(=O)COC(=O)c2c3c(nc4ccccc24)/C(=C/c2ccc(O)cc2)CC3)c1. The van der Waals surface area contributed by atoms with E-state index in [0.29, 0.717) is 35.2 Å². The zero-order valence-electron chi connectivity index (χ0n) is 20.4. The summed E-state index contributed by atoms with van der Waals surface area (Å²) < 4.78 is 10.7. The molecule has 1 heterocycles. The van der Waals surface area contributed by atoms with Gasteiger partial charge < -0.3 is 19.9 Å². The number of carbonyl (C=O) groups is 2. The third-order valence-electron chi connectivity index (χ3n) is 6.34. The molecule has 5 rings (SSSR count). The molecule has 1 aromatic heterocycles. The first-order valence-electron chi connectivity index (χ1n) is 12.0. The van der Waals surface area contributed by atoms with Crippen LogP contribution in [0.4, 0.5) is 0 Å². The molecular weight excluding hydrogens is 468 g/mol. The van der Waals surface area contributed by atoms with E-state index < -0.39 is 5.97 Å². The van der Waals surface area contributed by atoms with Crippen LogP contribution in [0.25, 0.3) is 22.6 Å². The van der Waals surface area contributed by atoms with Crippen molar-refractivity contribution in [3.05, 3.63) is 101 Å². The molecule has 2 N–H and O–H groups in total. The van der Waals surface area contributed by atoms with Crippen LogP contribution in [0.5, 0.6) is 11.5 Å². The van der Waals surface area contributed by atoms with Gasteiger partial charge >= 0.3 is 5.97 Å². The zero-order chi connectivity index (χ0) is 25.8. The number of ether oxygens (including phenoxy) is 2. The second-order valence-corrected chi connectivity index (χ2v) is 8.80. The lowest BCUT2D eigenvalue weighted by molar-refractivity contribution is -0.124. The number of phenolic OH excluding ortho intramolecular Hbond substituents is 1. The lowest BCUT2D eigenvalue weighted by atomic mass is 10.0. The van der Waals surface area contributed by atoms with Gasteiger partial charge in [-0.2, -0.15) is 0 Å². The molecule has 0 bridgehead atoms. The summed E-state index contributed by atoms with van der Waals surface area (Å²) in [6, 6.07) is 21.8. The Balaban J connectivity index is 1.35. The Morgan fingerprint density at radius 1 is 1.03 bits per heavy atom. The van der Waals surface area contributed by atoms with Crippen molar-refractivity contribution in [2.45, 2.75) is 19.4 Å². The second kappa shape index (κ2) is 10.5. The molecule has 7 nitrogen and oxygen atoms in total. The number of nitrogens with one attached hydrogen (secondary N) is 1. The topological polar surface area (TPSA) is 97.8 Å². The summed E-state index contributed by atoms with van der Waals surface area (Å²) in [7, 11) is 1.59. The highest BCUT2D eigenvalue weighted by Crippen LogP contribution is 2.38. The first kappa shape index (κ1) is 24.1. The van der Waals surface area contributed by atoms with E-state index in [1.807, 2.05) is 66.7 Å². The van der Waals surface area contributed by atoms with Crippen LogP contribution in [0.2, 0.25) is 0 Å². The molecule has 4 aromatic rings. The monoisotopic (exact) mass is 494 g/mol. The second-order valence-electron chi connectivity index (χ2n) is 8.80. The molecule has 0 atom stereocenters. The number of para-hydroxylation sites is 1. The van der Waals surface area contributed by atoms with Crippen LogP contribution in [0, 0.1) is 0 Å². The molecule has 0 unspecified atom stereocenters. The molecule has 7 heteroatoms. The smallest absolute Gasteiger partial charge is 0.339 e. The fraction of sp³-hybridized carbons (Fsp3) is 0.167. The van der Waals surface area contributed by atoms with E-state index in [-0.39, 0.29) is 18.3 Å². The third-order valence-corrected chi connectivity index (χ3v) is 6.34. The van der Waals surface area contributed by atoms with Crippen molar-refractivity contribution in [2.75, 3.05) is 13.7 Å². The van der Waals surface area contributed by atoms with Gasteiger partial charge in [-0.1, -0.05) is 42.5 Å². The molecule has 0 saturated carbocycles. The number of allylic oxidation sites excluding steroid dienone is 1.